The van der Waals surface area contributed by atoms with Gasteiger partial charge in [0.05, 0.1) is 24.6 Å². The van der Waals surface area contributed by atoms with Crippen LogP contribution in [-0.4, -0.2) is 16.6 Å². The van der Waals surface area contributed by atoms with Crippen LogP contribution in [0.5, 0.6) is 5.75 Å². The number of fused-ring (bicyclic) bond motifs is 1. The first kappa shape index (κ1) is 29.4. The Morgan fingerprint density at radius 2 is 1.45 bits per heavy atom. The Balaban J connectivity index is 1.31. The van der Waals surface area contributed by atoms with Gasteiger partial charge in [-0.3, -0.25) is 0 Å². The van der Waals surface area contributed by atoms with Gasteiger partial charge in [0.1, 0.15) is 17.5 Å². The van der Waals surface area contributed by atoms with Crippen molar-refractivity contribution in [3.8, 4) is 5.75 Å². The Labute approximate surface area is 231 Å². The van der Waals surface area contributed by atoms with Gasteiger partial charge in [-0.15, -0.1) is 0 Å². The number of aromatic nitrogens is 2. The van der Waals surface area contributed by atoms with E-state index in [2.05, 4.69) is 16.9 Å². The maximum Gasteiger partial charge on any atom is 0.419 e. The van der Waals surface area contributed by atoms with E-state index < -0.39 is 17.6 Å². The van der Waals surface area contributed by atoms with E-state index in [9.17, 15) is 17.6 Å². The van der Waals surface area contributed by atoms with Gasteiger partial charge in [-0.1, -0.05) is 69.0 Å². The topological polar surface area (TPSA) is 35.0 Å². The second-order valence-corrected chi connectivity index (χ2v) is 10.0. The molecular weight excluding hydrogens is 523 g/mol. The number of aryl methyl sites for hydroxylation is 4. The summed E-state index contributed by atoms with van der Waals surface area (Å²) in [4.78, 5) is 8.80. The number of rotatable bonds is 13. The van der Waals surface area contributed by atoms with Crippen LogP contribution < -0.4 is 4.74 Å². The highest BCUT2D eigenvalue weighted by Gasteiger charge is 2.33. The molecule has 0 amide bonds. The van der Waals surface area contributed by atoms with E-state index >= 15 is 4.39 Å². The number of benzene rings is 3. The Hall–Kier alpha value is -3.55. The number of hydrogen-bond acceptors (Lipinski definition) is 3. The number of hydrogen-bond donors (Lipinski definition) is 0. The van der Waals surface area contributed by atoms with Crippen LogP contribution in [-0.2, 0) is 31.9 Å². The van der Waals surface area contributed by atoms with Gasteiger partial charge < -0.3 is 4.74 Å². The zero-order valence-corrected chi connectivity index (χ0v) is 22.5. The van der Waals surface area contributed by atoms with E-state index in [1.54, 1.807) is 24.5 Å². The van der Waals surface area contributed by atoms with E-state index in [0.717, 1.165) is 35.9 Å². The summed E-state index contributed by atoms with van der Waals surface area (Å²) in [6, 6.07) is 11.9. The van der Waals surface area contributed by atoms with Gasteiger partial charge >= 0.3 is 6.18 Å². The molecule has 4 rings (SSSR count). The fraction of sp³-hybridized carbons (Fsp3) is 0.375. The molecule has 3 nitrogen and oxygen atoms in total. The maximum atomic E-state index is 15.2. The minimum Gasteiger partial charge on any atom is -0.490 e. The van der Waals surface area contributed by atoms with Crippen molar-refractivity contribution in [1.82, 2.24) is 9.97 Å². The van der Waals surface area contributed by atoms with Crippen LogP contribution in [0.3, 0.4) is 0 Å². The largest absolute Gasteiger partial charge is 0.490 e. The van der Waals surface area contributed by atoms with E-state index in [0.29, 0.717) is 47.5 Å². The van der Waals surface area contributed by atoms with Gasteiger partial charge in [0.25, 0.3) is 0 Å². The third-order valence-electron chi connectivity index (χ3n) is 6.96. The lowest BCUT2D eigenvalue weighted by atomic mass is 9.97. The summed E-state index contributed by atoms with van der Waals surface area (Å²) in [5, 5.41) is 1.22. The van der Waals surface area contributed by atoms with Crippen LogP contribution in [0.25, 0.3) is 10.8 Å². The molecule has 0 saturated heterocycles. The number of alkyl halides is 3. The molecule has 40 heavy (non-hydrogen) atoms. The molecule has 0 saturated carbocycles. The first-order valence-corrected chi connectivity index (χ1v) is 13.7. The second-order valence-electron chi connectivity index (χ2n) is 10.0. The molecular formula is C32H33F5N2O. The van der Waals surface area contributed by atoms with Crippen molar-refractivity contribution < 1.29 is 26.7 Å². The zero-order valence-electron chi connectivity index (χ0n) is 22.5. The van der Waals surface area contributed by atoms with Crippen molar-refractivity contribution in [1.29, 1.82) is 0 Å². The van der Waals surface area contributed by atoms with Crippen molar-refractivity contribution in [2.24, 2.45) is 0 Å². The Morgan fingerprint density at radius 3 is 2.17 bits per heavy atom. The summed E-state index contributed by atoms with van der Waals surface area (Å²) < 4.78 is 73.1. The fourth-order valence-corrected chi connectivity index (χ4v) is 4.66. The van der Waals surface area contributed by atoms with E-state index in [4.69, 9.17) is 4.74 Å². The smallest absolute Gasteiger partial charge is 0.419 e. The standard InChI is InChI=1S/C32H33F5N2O/c1-2-3-4-5-6-17-40-26-20-38-30(39-21-26)16-10-22-8-14-27-25(18-22)13-12-24(31(27)34)11-7-23-9-15-28(29(33)19-23)32(35,36)37/h8-9,12-15,18-21H,2-7,10-11,16-17H2,1H3. The van der Waals surface area contributed by atoms with Crippen LogP contribution in [0.15, 0.2) is 60.9 Å². The molecule has 0 aliphatic carbocycles. The molecule has 1 aromatic heterocycles. The average Bonchev–Trinajstić information content (AvgIpc) is 2.93. The van der Waals surface area contributed by atoms with E-state index in [1.165, 1.54) is 25.3 Å². The van der Waals surface area contributed by atoms with Crippen molar-refractivity contribution >= 4 is 10.8 Å². The lowest BCUT2D eigenvalue weighted by molar-refractivity contribution is -0.140. The highest BCUT2D eigenvalue weighted by atomic mass is 19.4. The van der Waals surface area contributed by atoms with Crippen LogP contribution in [0, 0.1) is 11.6 Å². The summed E-state index contributed by atoms with van der Waals surface area (Å²) in [5.74, 6) is -0.323. The quantitative estimate of drug-likeness (QED) is 0.122. The number of ether oxygens (including phenoxy) is 1. The van der Waals surface area contributed by atoms with Crippen molar-refractivity contribution in [2.45, 2.75) is 70.9 Å². The molecule has 0 bridgehead atoms. The van der Waals surface area contributed by atoms with E-state index in [1.807, 2.05) is 18.2 Å². The minimum atomic E-state index is -4.74. The van der Waals surface area contributed by atoms with Crippen LogP contribution >= 0.6 is 0 Å². The molecule has 0 unspecified atom stereocenters. The number of unbranched alkanes of at least 4 members (excludes halogenated alkanes) is 4. The molecule has 4 aromatic rings. The Morgan fingerprint density at radius 1 is 0.750 bits per heavy atom. The van der Waals surface area contributed by atoms with Gasteiger partial charge in [0, 0.05) is 11.8 Å². The predicted octanol–water partition coefficient (Wildman–Crippen LogP) is 8.85. The predicted molar refractivity (Wildman–Crippen MR) is 146 cm³/mol. The summed E-state index contributed by atoms with van der Waals surface area (Å²) >= 11 is 0. The molecule has 0 spiro atoms. The molecule has 3 aromatic carbocycles. The zero-order chi connectivity index (χ0) is 28.5. The number of halogens is 5. The summed E-state index contributed by atoms with van der Waals surface area (Å²) in [5.41, 5.74) is 0.530. The SMILES string of the molecule is CCCCCCCOc1cnc(CCc2ccc3c(F)c(CCc4ccc(C(F)(F)F)c(F)c4)ccc3c2)nc1. The van der Waals surface area contributed by atoms with Crippen LogP contribution in [0.1, 0.15) is 67.1 Å². The normalized spacial score (nSPS) is 11.8. The van der Waals surface area contributed by atoms with Gasteiger partial charge in [0.15, 0.2) is 5.75 Å². The molecule has 212 valence electrons. The van der Waals surface area contributed by atoms with Crippen LogP contribution in [0.4, 0.5) is 22.0 Å². The third-order valence-corrected chi connectivity index (χ3v) is 6.96. The first-order valence-electron chi connectivity index (χ1n) is 13.7. The van der Waals surface area contributed by atoms with Crippen molar-refractivity contribution in [2.75, 3.05) is 6.61 Å². The first-order chi connectivity index (χ1) is 19.2. The highest BCUT2D eigenvalue weighted by molar-refractivity contribution is 5.84. The molecule has 1 heterocycles. The van der Waals surface area contributed by atoms with Gasteiger partial charge in [-0.25, -0.2) is 18.7 Å². The maximum absolute atomic E-state index is 15.2. The summed E-state index contributed by atoms with van der Waals surface area (Å²) in [6.07, 6.45) is 6.31. The lowest BCUT2D eigenvalue weighted by Crippen LogP contribution is -2.08. The average molecular weight is 557 g/mol. The van der Waals surface area contributed by atoms with Gasteiger partial charge in [0.2, 0.25) is 0 Å². The van der Waals surface area contributed by atoms with Gasteiger partial charge in [-0.05, 0) is 59.9 Å². The monoisotopic (exact) mass is 556 g/mol. The fourth-order valence-electron chi connectivity index (χ4n) is 4.66. The molecule has 0 radical (unpaired) electrons. The van der Waals surface area contributed by atoms with E-state index in [-0.39, 0.29) is 18.7 Å². The van der Waals surface area contributed by atoms with Crippen molar-refractivity contribution in [3.63, 3.8) is 0 Å². The van der Waals surface area contributed by atoms with Crippen LogP contribution in [0.2, 0.25) is 0 Å². The summed E-state index contributed by atoms with van der Waals surface area (Å²) in [7, 11) is 0. The van der Waals surface area contributed by atoms with Gasteiger partial charge in [-0.2, -0.15) is 13.2 Å². The molecule has 0 aliphatic rings. The molecule has 0 atom stereocenters. The molecule has 0 N–H and O–H groups in total. The Kier molecular flexibility index (Phi) is 10.1. The third kappa shape index (κ3) is 7.99. The molecule has 0 aliphatic heterocycles. The summed E-state index contributed by atoms with van der Waals surface area (Å²) in [6.45, 7) is 2.85. The lowest BCUT2D eigenvalue weighted by Gasteiger charge is -2.11. The Bertz CT molecular complexity index is 1400. The number of nitrogens with zero attached hydrogens (tertiary/aromatic N) is 2. The molecule has 0 fully saturated rings. The second kappa shape index (κ2) is 13.7. The molecule has 8 heteroatoms. The minimum absolute atomic E-state index is 0.221. The highest BCUT2D eigenvalue weighted by Crippen LogP contribution is 2.32. The van der Waals surface area contributed by atoms with Crippen molar-refractivity contribution in [3.05, 3.63) is 101 Å².